The van der Waals surface area contributed by atoms with E-state index in [1.165, 1.54) is 18.9 Å². The van der Waals surface area contributed by atoms with Gasteiger partial charge in [0.15, 0.2) is 0 Å². The quantitative estimate of drug-likeness (QED) is 0.606. The summed E-state index contributed by atoms with van der Waals surface area (Å²) in [6.45, 7) is 1.86. The van der Waals surface area contributed by atoms with E-state index >= 15 is 0 Å². The van der Waals surface area contributed by atoms with E-state index in [4.69, 9.17) is 5.11 Å². The van der Waals surface area contributed by atoms with Crippen molar-refractivity contribution in [3.05, 3.63) is 0 Å². The molecule has 0 radical (unpaired) electrons. The minimum absolute atomic E-state index is 0.103. The lowest BCUT2D eigenvalue weighted by Crippen LogP contribution is -2.15. The molecule has 1 unspecified atom stereocenters. The number of esters is 1. The highest BCUT2D eigenvalue weighted by molar-refractivity contribution is 8.00. The fraction of sp³-hybridized carbons (Fsp3) is 0.833. The van der Waals surface area contributed by atoms with E-state index in [1.807, 2.05) is 0 Å². The van der Waals surface area contributed by atoms with Crippen LogP contribution in [0.2, 0.25) is 0 Å². The molecule has 3 nitrogen and oxygen atoms in total. The third kappa shape index (κ3) is 3.74. The van der Waals surface area contributed by atoms with Crippen LogP contribution in [0.4, 0.5) is 0 Å². The van der Waals surface area contributed by atoms with Gasteiger partial charge in [0.25, 0.3) is 0 Å². The van der Waals surface area contributed by atoms with Crippen molar-refractivity contribution in [3.8, 4) is 0 Å². The Labute approximate surface area is 64.8 Å². The number of aliphatic hydroxyl groups is 1. The van der Waals surface area contributed by atoms with Crippen molar-refractivity contribution < 1.29 is 14.6 Å². The summed E-state index contributed by atoms with van der Waals surface area (Å²) in [7, 11) is 1.36. The molecule has 0 aromatic heterocycles. The van der Waals surface area contributed by atoms with Gasteiger partial charge in [-0.1, -0.05) is 0 Å². The lowest BCUT2D eigenvalue weighted by atomic mass is 10.5. The van der Waals surface area contributed by atoms with E-state index < -0.39 is 0 Å². The third-order valence-electron chi connectivity index (χ3n) is 0.992. The van der Waals surface area contributed by atoms with Gasteiger partial charge in [-0.15, -0.1) is 11.8 Å². The second kappa shape index (κ2) is 5.56. The van der Waals surface area contributed by atoms with Crippen LogP contribution in [0, 0.1) is 0 Å². The average Bonchev–Trinajstić information content (AvgIpc) is 1.98. The third-order valence-corrected chi connectivity index (χ3v) is 2.10. The summed E-state index contributed by atoms with van der Waals surface area (Å²) in [5.41, 5.74) is 0. The first-order valence-electron chi connectivity index (χ1n) is 3.02. The molecule has 10 heavy (non-hydrogen) atoms. The fourth-order valence-corrected chi connectivity index (χ4v) is 1.15. The summed E-state index contributed by atoms with van der Waals surface area (Å²) >= 11 is 1.38. The Balaban J connectivity index is 3.41. The van der Waals surface area contributed by atoms with E-state index in [9.17, 15) is 4.79 Å². The van der Waals surface area contributed by atoms with Gasteiger partial charge in [0.05, 0.1) is 19.0 Å². The highest BCUT2D eigenvalue weighted by Gasteiger charge is 2.11. The zero-order chi connectivity index (χ0) is 7.98. The monoisotopic (exact) mass is 164 g/mol. The van der Waals surface area contributed by atoms with Crippen LogP contribution in [0.5, 0.6) is 0 Å². The van der Waals surface area contributed by atoms with Gasteiger partial charge in [0.2, 0.25) is 0 Å². The van der Waals surface area contributed by atoms with Gasteiger partial charge in [0.1, 0.15) is 0 Å². The minimum Gasteiger partial charge on any atom is -0.468 e. The predicted molar refractivity (Wildman–Crippen MR) is 41.0 cm³/mol. The van der Waals surface area contributed by atoms with E-state index in [0.29, 0.717) is 5.75 Å². The van der Waals surface area contributed by atoms with Crippen molar-refractivity contribution in [2.24, 2.45) is 0 Å². The van der Waals surface area contributed by atoms with Crippen LogP contribution in [0.3, 0.4) is 0 Å². The normalized spacial score (nSPS) is 12.7. The molecule has 0 amide bonds. The van der Waals surface area contributed by atoms with E-state index in [2.05, 4.69) is 4.74 Å². The van der Waals surface area contributed by atoms with Crippen LogP contribution in [0.15, 0.2) is 0 Å². The van der Waals surface area contributed by atoms with Crippen LogP contribution in [0.25, 0.3) is 0 Å². The first kappa shape index (κ1) is 9.78. The molecule has 1 atom stereocenters. The van der Waals surface area contributed by atoms with Crippen molar-refractivity contribution in [3.63, 3.8) is 0 Å². The summed E-state index contributed by atoms with van der Waals surface area (Å²) in [6.07, 6.45) is 0. The van der Waals surface area contributed by atoms with Crippen LogP contribution in [-0.4, -0.2) is 35.8 Å². The fourth-order valence-electron chi connectivity index (χ4n) is 0.463. The molecule has 0 aliphatic rings. The van der Waals surface area contributed by atoms with E-state index in [1.54, 1.807) is 6.92 Å². The second-order valence-electron chi connectivity index (χ2n) is 1.76. The number of methoxy groups -OCH3 is 1. The molecule has 0 bridgehead atoms. The Kier molecular flexibility index (Phi) is 5.43. The summed E-state index contributed by atoms with van der Waals surface area (Å²) in [5.74, 6) is 0.342. The molecule has 0 aliphatic carbocycles. The number of ether oxygens (including phenoxy) is 1. The maximum absolute atomic E-state index is 10.7. The van der Waals surface area contributed by atoms with Crippen LogP contribution >= 0.6 is 11.8 Å². The molecule has 0 aliphatic heterocycles. The SMILES string of the molecule is COC(=O)C(C)SCCO. The number of carbonyl (C=O) groups excluding carboxylic acids is 1. The molecule has 0 aromatic rings. The Bertz CT molecular complexity index is 105. The molecule has 0 saturated heterocycles. The maximum Gasteiger partial charge on any atom is 0.318 e. The topological polar surface area (TPSA) is 46.5 Å². The van der Waals surface area contributed by atoms with E-state index in [0.717, 1.165) is 0 Å². The molecule has 1 N–H and O–H groups in total. The molecule has 0 fully saturated rings. The second-order valence-corrected chi connectivity index (χ2v) is 3.21. The molecule has 0 saturated carbocycles. The highest BCUT2D eigenvalue weighted by atomic mass is 32.2. The molecule has 0 rings (SSSR count). The number of carbonyl (C=O) groups is 1. The van der Waals surface area contributed by atoms with Crippen molar-refractivity contribution in [1.29, 1.82) is 0 Å². The minimum atomic E-state index is -0.238. The van der Waals surface area contributed by atoms with Crippen LogP contribution in [-0.2, 0) is 9.53 Å². The lowest BCUT2D eigenvalue weighted by molar-refractivity contribution is -0.139. The van der Waals surface area contributed by atoms with Crippen LogP contribution < -0.4 is 0 Å². The molecule has 0 spiro atoms. The Morgan fingerprint density at radius 3 is 2.80 bits per heavy atom. The molecule has 0 aromatic carbocycles. The summed E-state index contributed by atoms with van der Waals surface area (Å²) in [5, 5.41) is 8.23. The Morgan fingerprint density at radius 2 is 2.40 bits per heavy atom. The summed E-state index contributed by atoms with van der Waals surface area (Å²) < 4.78 is 4.47. The molecule has 60 valence electrons. The predicted octanol–water partition coefficient (Wildman–Crippen LogP) is 0.273. The molecule has 0 heterocycles. The molecular formula is C6H12O3S. The zero-order valence-corrected chi connectivity index (χ0v) is 6.98. The smallest absolute Gasteiger partial charge is 0.318 e. The Morgan fingerprint density at radius 1 is 1.80 bits per heavy atom. The maximum atomic E-state index is 10.7. The van der Waals surface area contributed by atoms with Crippen molar-refractivity contribution >= 4 is 17.7 Å². The van der Waals surface area contributed by atoms with Gasteiger partial charge in [-0.05, 0) is 6.92 Å². The van der Waals surface area contributed by atoms with E-state index in [-0.39, 0.29) is 17.8 Å². The van der Waals surface area contributed by atoms with Gasteiger partial charge < -0.3 is 9.84 Å². The van der Waals surface area contributed by atoms with Gasteiger partial charge >= 0.3 is 5.97 Å². The van der Waals surface area contributed by atoms with Gasteiger partial charge in [0, 0.05) is 5.75 Å². The lowest BCUT2D eigenvalue weighted by Gasteiger charge is -2.06. The van der Waals surface area contributed by atoms with Crippen molar-refractivity contribution in [1.82, 2.24) is 0 Å². The molecular weight excluding hydrogens is 152 g/mol. The van der Waals surface area contributed by atoms with Gasteiger partial charge in [-0.3, -0.25) is 4.79 Å². The summed E-state index contributed by atoms with van der Waals surface area (Å²) in [6, 6.07) is 0. The standard InChI is InChI=1S/C6H12O3S/c1-5(6(8)9-2)10-4-3-7/h5,7H,3-4H2,1-2H3. The average molecular weight is 164 g/mol. The van der Waals surface area contributed by atoms with Gasteiger partial charge in [-0.25, -0.2) is 0 Å². The largest absolute Gasteiger partial charge is 0.468 e. The van der Waals surface area contributed by atoms with Crippen molar-refractivity contribution in [2.45, 2.75) is 12.2 Å². The number of hydrogen-bond acceptors (Lipinski definition) is 4. The van der Waals surface area contributed by atoms with Gasteiger partial charge in [-0.2, -0.15) is 0 Å². The first-order valence-corrected chi connectivity index (χ1v) is 4.07. The highest BCUT2D eigenvalue weighted by Crippen LogP contribution is 2.09. The number of thioether (sulfide) groups is 1. The number of hydrogen-bond donors (Lipinski definition) is 1. The van der Waals surface area contributed by atoms with Crippen LogP contribution in [0.1, 0.15) is 6.92 Å². The summed E-state index contributed by atoms with van der Waals surface area (Å²) in [4.78, 5) is 10.7. The zero-order valence-electron chi connectivity index (χ0n) is 6.16. The molecule has 4 heteroatoms. The van der Waals surface area contributed by atoms with Crippen molar-refractivity contribution in [2.75, 3.05) is 19.5 Å². The Hall–Kier alpha value is -0.220. The number of rotatable bonds is 4. The number of aliphatic hydroxyl groups excluding tert-OH is 1. The first-order chi connectivity index (χ1) is 4.72.